The molecule has 5 rings (SSSR count). The van der Waals surface area contributed by atoms with Gasteiger partial charge in [-0.3, -0.25) is 19.1 Å². The Kier molecular flexibility index (Phi) is 6.72. The highest BCUT2D eigenvalue weighted by Crippen LogP contribution is 2.31. The summed E-state index contributed by atoms with van der Waals surface area (Å²) in [6, 6.07) is 1.65. The average Bonchev–Trinajstić information content (AvgIpc) is 3.55. The molecule has 5 aromatic heterocycles. The van der Waals surface area contributed by atoms with Gasteiger partial charge in [-0.1, -0.05) is 5.16 Å². The van der Waals surface area contributed by atoms with Crippen molar-refractivity contribution in [2.24, 2.45) is 7.05 Å². The van der Waals surface area contributed by atoms with E-state index in [1.54, 1.807) is 6.92 Å². The molecule has 0 aromatic carbocycles. The fraction of sp³-hybridized carbons (Fsp3) is 0.292. The van der Waals surface area contributed by atoms with Crippen molar-refractivity contribution in [3.05, 3.63) is 74.7 Å². The summed E-state index contributed by atoms with van der Waals surface area (Å²) in [5.41, 5.74) is -2.24. The predicted molar refractivity (Wildman–Crippen MR) is 136 cm³/mol. The van der Waals surface area contributed by atoms with Gasteiger partial charge in [0.15, 0.2) is 22.8 Å². The minimum absolute atomic E-state index is 0.0133. The molecule has 1 N–H and O–H groups in total. The second-order valence-electron chi connectivity index (χ2n) is 9.11. The first kappa shape index (κ1) is 27.4. The van der Waals surface area contributed by atoms with Crippen molar-refractivity contribution < 1.29 is 22.5 Å². The maximum Gasteiger partial charge on any atom is 0.433 e. The summed E-state index contributed by atoms with van der Waals surface area (Å²) in [6.45, 7) is 4.09. The zero-order valence-electron chi connectivity index (χ0n) is 22.0. The maximum absolute atomic E-state index is 13.4. The summed E-state index contributed by atoms with van der Waals surface area (Å²) in [7, 11) is 1.43. The average molecular weight is 570 g/mol. The number of anilines is 1. The van der Waals surface area contributed by atoms with Gasteiger partial charge in [-0.25, -0.2) is 24.3 Å². The van der Waals surface area contributed by atoms with E-state index in [-0.39, 0.29) is 46.4 Å². The van der Waals surface area contributed by atoms with Crippen LogP contribution in [0.15, 0.2) is 45.0 Å². The van der Waals surface area contributed by atoms with E-state index >= 15 is 0 Å². The van der Waals surface area contributed by atoms with E-state index in [0.717, 1.165) is 15.3 Å². The lowest BCUT2D eigenvalue weighted by Gasteiger charge is -2.15. The molecule has 0 aliphatic rings. The molecular formula is C24H21F3N10O4. The molecule has 0 fully saturated rings. The van der Waals surface area contributed by atoms with Crippen LogP contribution in [0, 0.1) is 13.8 Å². The van der Waals surface area contributed by atoms with Gasteiger partial charge in [0.2, 0.25) is 11.8 Å². The van der Waals surface area contributed by atoms with Gasteiger partial charge in [-0.15, -0.1) is 0 Å². The standard InChI is InChI=1S/C24H21F3N10O4/c1-11-7-14(8-29-18(11)24(25,26)27)19-28-6-5-15(32-19)33-21(38)12(2)37-10-30-20-17(37)22(39)36(23(40)35(20)4)9-16-31-13(3)34-41-16/h5-8,10,12H,9H2,1-4H3,(H,28,32,33,38). The van der Waals surface area contributed by atoms with Crippen molar-refractivity contribution in [2.75, 3.05) is 5.32 Å². The SMILES string of the molecule is Cc1noc(Cn2c(=O)c3c(ncn3C(C)C(=O)Nc3ccnc(-c4cnc(C(F)(F)F)c(C)c4)n3)n(C)c2=O)n1. The van der Waals surface area contributed by atoms with Crippen molar-refractivity contribution in [3.63, 3.8) is 0 Å². The van der Waals surface area contributed by atoms with Gasteiger partial charge in [0.25, 0.3) is 5.56 Å². The molecule has 0 saturated heterocycles. The van der Waals surface area contributed by atoms with Gasteiger partial charge in [-0.05, 0) is 38.5 Å². The molecule has 0 aliphatic carbocycles. The predicted octanol–water partition coefficient (Wildman–Crippen LogP) is 2.02. The quantitative estimate of drug-likeness (QED) is 0.319. The van der Waals surface area contributed by atoms with E-state index < -0.39 is 35.1 Å². The number of carbonyl (C=O) groups excluding carboxylic acids is 1. The minimum atomic E-state index is -4.60. The van der Waals surface area contributed by atoms with E-state index in [9.17, 15) is 27.6 Å². The van der Waals surface area contributed by atoms with Crippen LogP contribution in [0.5, 0.6) is 0 Å². The third kappa shape index (κ3) is 5.08. The van der Waals surface area contributed by atoms with Gasteiger partial charge in [0.05, 0.1) is 6.33 Å². The van der Waals surface area contributed by atoms with Crippen molar-refractivity contribution >= 4 is 22.9 Å². The zero-order chi connectivity index (χ0) is 29.6. The van der Waals surface area contributed by atoms with Gasteiger partial charge < -0.3 is 14.4 Å². The molecule has 0 aliphatic heterocycles. The molecule has 41 heavy (non-hydrogen) atoms. The number of nitrogens with one attached hydrogen (secondary N) is 1. The third-order valence-corrected chi connectivity index (χ3v) is 6.23. The van der Waals surface area contributed by atoms with Crippen LogP contribution in [0.1, 0.15) is 35.9 Å². The lowest BCUT2D eigenvalue weighted by atomic mass is 10.1. The number of fused-ring (bicyclic) bond motifs is 1. The highest BCUT2D eigenvalue weighted by atomic mass is 19.4. The Labute approximate surface area is 227 Å². The van der Waals surface area contributed by atoms with Crippen LogP contribution >= 0.6 is 0 Å². The number of amides is 1. The molecule has 1 amide bonds. The largest absolute Gasteiger partial charge is 0.433 e. The Balaban J connectivity index is 1.44. The van der Waals surface area contributed by atoms with Crippen LogP contribution in [0.3, 0.4) is 0 Å². The van der Waals surface area contributed by atoms with Crippen LogP contribution in [-0.4, -0.2) is 49.7 Å². The lowest BCUT2D eigenvalue weighted by molar-refractivity contribution is -0.141. The van der Waals surface area contributed by atoms with Crippen LogP contribution in [-0.2, 0) is 24.6 Å². The Morgan fingerprint density at radius 3 is 2.56 bits per heavy atom. The molecule has 17 heteroatoms. The van der Waals surface area contributed by atoms with Crippen molar-refractivity contribution in [2.45, 2.75) is 39.5 Å². The number of carbonyl (C=O) groups is 1. The Morgan fingerprint density at radius 2 is 1.90 bits per heavy atom. The maximum atomic E-state index is 13.4. The highest BCUT2D eigenvalue weighted by Gasteiger charge is 2.34. The number of aromatic nitrogens is 9. The van der Waals surface area contributed by atoms with Crippen LogP contribution < -0.4 is 16.6 Å². The Morgan fingerprint density at radius 1 is 1.15 bits per heavy atom. The summed E-state index contributed by atoms with van der Waals surface area (Å²) in [5, 5.41) is 6.27. The smallest absolute Gasteiger partial charge is 0.337 e. The molecule has 0 saturated carbocycles. The summed E-state index contributed by atoms with van der Waals surface area (Å²) in [5.74, 6) is -0.106. The van der Waals surface area contributed by atoms with Crippen LogP contribution in [0.2, 0.25) is 0 Å². The zero-order valence-corrected chi connectivity index (χ0v) is 22.0. The van der Waals surface area contributed by atoms with Crippen molar-refractivity contribution in [3.8, 4) is 11.4 Å². The molecule has 5 heterocycles. The normalized spacial score (nSPS) is 12.6. The summed E-state index contributed by atoms with van der Waals surface area (Å²) < 4.78 is 47.6. The molecule has 0 radical (unpaired) electrons. The first-order valence-electron chi connectivity index (χ1n) is 12.0. The summed E-state index contributed by atoms with van der Waals surface area (Å²) in [4.78, 5) is 59.4. The number of pyridine rings is 1. The number of nitrogens with zero attached hydrogens (tertiary/aromatic N) is 9. The van der Waals surface area contributed by atoms with Crippen LogP contribution in [0.25, 0.3) is 22.6 Å². The highest BCUT2D eigenvalue weighted by molar-refractivity contribution is 5.93. The second-order valence-corrected chi connectivity index (χ2v) is 9.11. The van der Waals surface area contributed by atoms with Crippen molar-refractivity contribution in [1.29, 1.82) is 0 Å². The van der Waals surface area contributed by atoms with Gasteiger partial charge in [0, 0.05) is 25.0 Å². The van der Waals surface area contributed by atoms with E-state index in [1.807, 2.05) is 0 Å². The number of rotatable bonds is 6. The Hall–Kier alpha value is -5.22. The number of halogens is 3. The molecule has 14 nitrogen and oxygen atoms in total. The molecule has 1 unspecified atom stereocenters. The van der Waals surface area contributed by atoms with Crippen molar-refractivity contribution in [1.82, 2.24) is 43.8 Å². The minimum Gasteiger partial charge on any atom is -0.337 e. The first-order chi connectivity index (χ1) is 19.3. The topological polar surface area (TPSA) is 169 Å². The first-order valence-corrected chi connectivity index (χ1v) is 12.0. The van der Waals surface area contributed by atoms with E-state index in [2.05, 4.69) is 35.4 Å². The van der Waals surface area contributed by atoms with E-state index in [0.29, 0.717) is 5.82 Å². The third-order valence-electron chi connectivity index (χ3n) is 6.23. The molecule has 212 valence electrons. The van der Waals surface area contributed by atoms with E-state index in [1.165, 1.54) is 50.1 Å². The number of alkyl halides is 3. The number of hydrogen-bond acceptors (Lipinski definition) is 10. The van der Waals surface area contributed by atoms with Gasteiger partial charge >= 0.3 is 11.9 Å². The van der Waals surface area contributed by atoms with E-state index in [4.69, 9.17) is 4.52 Å². The number of aryl methyl sites for hydroxylation is 3. The number of imidazole rings is 1. The molecular weight excluding hydrogens is 549 g/mol. The Bertz CT molecular complexity index is 1920. The molecule has 1 atom stereocenters. The van der Waals surface area contributed by atoms with Gasteiger partial charge in [0.1, 0.15) is 24.1 Å². The molecule has 5 aromatic rings. The molecule has 0 spiro atoms. The van der Waals surface area contributed by atoms with Gasteiger partial charge in [-0.2, -0.15) is 18.2 Å². The fourth-order valence-electron chi connectivity index (χ4n) is 4.18. The lowest BCUT2D eigenvalue weighted by Crippen LogP contribution is -2.40. The van der Waals surface area contributed by atoms with Crippen LogP contribution in [0.4, 0.5) is 19.0 Å². The second kappa shape index (κ2) is 10.1. The summed E-state index contributed by atoms with van der Waals surface area (Å²) in [6.07, 6.45) is -1.01. The fourth-order valence-corrected chi connectivity index (χ4v) is 4.18. The summed E-state index contributed by atoms with van der Waals surface area (Å²) >= 11 is 0. The number of hydrogen-bond donors (Lipinski definition) is 1. The monoisotopic (exact) mass is 570 g/mol. The molecule has 0 bridgehead atoms.